The summed E-state index contributed by atoms with van der Waals surface area (Å²) in [5.74, 6) is 1.47. The van der Waals surface area contributed by atoms with Crippen molar-refractivity contribution >= 4 is 22.9 Å². The molecule has 204 valence electrons. The summed E-state index contributed by atoms with van der Waals surface area (Å²) in [5, 5.41) is 16.4. The van der Waals surface area contributed by atoms with Crippen LogP contribution in [0.5, 0.6) is 11.5 Å². The number of nitrogens with zero attached hydrogens (tertiary/aromatic N) is 4. The van der Waals surface area contributed by atoms with E-state index in [1.165, 1.54) is 19.7 Å². The second kappa shape index (κ2) is 11.6. The number of aliphatic hydroxyl groups is 1. The number of anilines is 1. The maximum absolute atomic E-state index is 12.1. The summed E-state index contributed by atoms with van der Waals surface area (Å²) in [5.41, 5.74) is 9.12. The summed E-state index contributed by atoms with van der Waals surface area (Å²) in [4.78, 5) is 25.2. The maximum Gasteiger partial charge on any atom is 0.250 e. The predicted octanol–water partition coefficient (Wildman–Crippen LogP) is 1.40. The van der Waals surface area contributed by atoms with Gasteiger partial charge >= 0.3 is 0 Å². The van der Waals surface area contributed by atoms with E-state index in [1.54, 1.807) is 11.7 Å². The standard InChI is InChI=1S/C27H31N7O5/c1-29-26(36)23-20(28)22(35)27(39-23)34-15-33-21-24(31-14-32-25(21)34)30-11-10-16-8-9-18(19(12-16)37-2)38-13-17-6-4-3-5-7-17/h3-9,12,14-15,20,22-23,27,35H,10-11,13,28H2,1-2H3,(H,29,36)(H,30,31,32)/t20-,22+,23-,27+/m0/s1. The Labute approximate surface area is 225 Å². The van der Waals surface area contributed by atoms with E-state index in [0.29, 0.717) is 48.1 Å². The molecular weight excluding hydrogens is 502 g/mol. The molecule has 0 unspecified atom stereocenters. The Balaban J connectivity index is 1.24. The number of hydrogen-bond donors (Lipinski definition) is 4. The summed E-state index contributed by atoms with van der Waals surface area (Å²) in [6, 6.07) is 14.9. The third-order valence-corrected chi connectivity index (χ3v) is 6.63. The maximum atomic E-state index is 12.1. The molecule has 2 aromatic heterocycles. The molecule has 0 spiro atoms. The SMILES string of the molecule is CNC(=O)[C@H]1O[C@@H](n2cnc3c(NCCc4ccc(OCc5ccccc5)c(OC)c4)ncnc32)[C@H](O)[C@@H]1N. The van der Waals surface area contributed by atoms with Crippen molar-refractivity contribution in [1.82, 2.24) is 24.8 Å². The van der Waals surface area contributed by atoms with E-state index in [0.717, 1.165) is 11.1 Å². The number of aliphatic hydroxyl groups excluding tert-OH is 1. The highest BCUT2D eigenvalue weighted by Crippen LogP contribution is 2.32. The van der Waals surface area contributed by atoms with Crippen LogP contribution in [0, 0.1) is 0 Å². The molecule has 5 rings (SSSR count). The Bertz CT molecular complexity index is 1430. The van der Waals surface area contributed by atoms with Crippen molar-refractivity contribution in [2.24, 2.45) is 5.73 Å². The second-order valence-electron chi connectivity index (χ2n) is 9.11. The lowest BCUT2D eigenvalue weighted by atomic mass is 10.1. The molecule has 0 bridgehead atoms. The second-order valence-corrected chi connectivity index (χ2v) is 9.11. The molecule has 0 radical (unpaired) electrons. The van der Waals surface area contributed by atoms with Gasteiger partial charge in [0.05, 0.1) is 19.5 Å². The first-order valence-electron chi connectivity index (χ1n) is 12.6. The van der Waals surface area contributed by atoms with Crippen molar-refractivity contribution in [3.8, 4) is 11.5 Å². The molecule has 3 heterocycles. The first-order chi connectivity index (χ1) is 19.0. The highest BCUT2D eigenvalue weighted by molar-refractivity contribution is 5.83. The monoisotopic (exact) mass is 533 g/mol. The largest absolute Gasteiger partial charge is 0.493 e. The number of methoxy groups -OCH3 is 1. The number of nitrogens with one attached hydrogen (secondary N) is 2. The number of imidazole rings is 1. The smallest absolute Gasteiger partial charge is 0.250 e. The van der Waals surface area contributed by atoms with Crippen LogP contribution in [0.3, 0.4) is 0 Å². The van der Waals surface area contributed by atoms with Crippen LogP contribution in [0.4, 0.5) is 5.82 Å². The molecule has 1 aliphatic rings. The lowest BCUT2D eigenvalue weighted by molar-refractivity contribution is -0.134. The summed E-state index contributed by atoms with van der Waals surface area (Å²) in [6.07, 6.45) is 0.572. The molecular formula is C27H31N7O5. The van der Waals surface area contributed by atoms with Gasteiger partial charge in [-0.05, 0) is 29.7 Å². The fourth-order valence-corrected chi connectivity index (χ4v) is 4.51. The summed E-state index contributed by atoms with van der Waals surface area (Å²) >= 11 is 0. The van der Waals surface area contributed by atoms with E-state index < -0.39 is 30.4 Å². The number of carbonyl (C=O) groups excluding carboxylic acids is 1. The van der Waals surface area contributed by atoms with Gasteiger partial charge in [-0.15, -0.1) is 0 Å². The Kier molecular flexibility index (Phi) is 7.87. The normalized spacial score (nSPS) is 20.6. The third kappa shape index (κ3) is 5.48. The van der Waals surface area contributed by atoms with Crippen molar-refractivity contribution in [2.75, 3.05) is 26.0 Å². The van der Waals surface area contributed by atoms with Crippen LogP contribution in [0.15, 0.2) is 61.2 Å². The molecule has 4 aromatic rings. The van der Waals surface area contributed by atoms with Gasteiger partial charge in [0.15, 0.2) is 40.8 Å². The molecule has 5 N–H and O–H groups in total. The number of ether oxygens (including phenoxy) is 3. The number of benzene rings is 2. The van der Waals surface area contributed by atoms with E-state index in [9.17, 15) is 9.90 Å². The molecule has 1 fully saturated rings. The van der Waals surface area contributed by atoms with Crippen molar-refractivity contribution in [1.29, 1.82) is 0 Å². The third-order valence-electron chi connectivity index (χ3n) is 6.63. The zero-order valence-corrected chi connectivity index (χ0v) is 21.7. The first kappa shape index (κ1) is 26.4. The van der Waals surface area contributed by atoms with Gasteiger partial charge in [0.2, 0.25) is 0 Å². The zero-order valence-electron chi connectivity index (χ0n) is 21.7. The fourth-order valence-electron chi connectivity index (χ4n) is 4.51. The average Bonchev–Trinajstić information content (AvgIpc) is 3.53. The lowest BCUT2D eigenvalue weighted by Gasteiger charge is -2.16. The lowest BCUT2D eigenvalue weighted by Crippen LogP contribution is -2.46. The fraction of sp³-hybridized carbons (Fsp3) is 0.333. The minimum atomic E-state index is -1.12. The molecule has 1 amide bonds. The van der Waals surface area contributed by atoms with Crippen LogP contribution in [0.1, 0.15) is 17.4 Å². The highest BCUT2D eigenvalue weighted by atomic mass is 16.5. The van der Waals surface area contributed by atoms with Crippen LogP contribution in [0.2, 0.25) is 0 Å². The number of likely N-dealkylation sites (N-methyl/N-ethyl adjacent to an activating group) is 1. The van der Waals surface area contributed by atoms with Gasteiger partial charge in [-0.25, -0.2) is 15.0 Å². The first-order valence-corrected chi connectivity index (χ1v) is 12.6. The van der Waals surface area contributed by atoms with Gasteiger partial charge in [-0.3, -0.25) is 9.36 Å². The molecule has 0 saturated carbocycles. The van der Waals surface area contributed by atoms with Crippen molar-refractivity contribution < 1.29 is 24.1 Å². The Hall–Kier alpha value is -4.26. The number of fused-ring (bicyclic) bond motifs is 1. The van der Waals surface area contributed by atoms with Crippen LogP contribution in [-0.4, -0.2) is 69.5 Å². The van der Waals surface area contributed by atoms with Gasteiger partial charge in [-0.2, -0.15) is 0 Å². The predicted molar refractivity (Wildman–Crippen MR) is 143 cm³/mol. The Morgan fingerprint density at radius 2 is 1.95 bits per heavy atom. The molecule has 2 aromatic carbocycles. The molecule has 12 nitrogen and oxygen atoms in total. The van der Waals surface area contributed by atoms with Gasteiger partial charge in [-0.1, -0.05) is 36.4 Å². The molecule has 39 heavy (non-hydrogen) atoms. The van der Waals surface area contributed by atoms with E-state index in [4.69, 9.17) is 19.9 Å². The van der Waals surface area contributed by atoms with Crippen LogP contribution in [0.25, 0.3) is 11.2 Å². The van der Waals surface area contributed by atoms with E-state index in [2.05, 4.69) is 25.6 Å². The minimum absolute atomic E-state index is 0.405. The number of nitrogens with two attached hydrogens (primary N) is 1. The van der Waals surface area contributed by atoms with E-state index >= 15 is 0 Å². The van der Waals surface area contributed by atoms with Gasteiger partial charge in [0.25, 0.3) is 5.91 Å². The number of aromatic nitrogens is 4. The van der Waals surface area contributed by atoms with Crippen molar-refractivity contribution in [2.45, 2.75) is 37.5 Å². The van der Waals surface area contributed by atoms with E-state index in [1.807, 2.05) is 48.5 Å². The summed E-state index contributed by atoms with van der Waals surface area (Å²) in [7, 11) is 3.11. The molecule has 1 aliphatic heterocycles. The van der Waals surface area contributed by atoms with Crippen LogP contribution in [-0.2, 0) is 22.6 Å². The van der Waals surface area contributed by atoms with Gasteiger partial charge in [0, 0.05) is 13.6 Å². The van der Waals surface area contributed by atoms with Gasteiger partial charge < -0.3 is 35.7 Å². The van der Waals surface area contributed by atoms with Crippen molar-refractivity contribution in [3.63, 3.8) is 0 Å². The number of rotatable bonds is 10. The van der Waals surface area contributed by atoms with Gasteiger partial charge in [0.1, 0.15) is 19.0 Å². The summed E-state index contributed by atoms with van der Waals surface area (Å²) in [6.45, 7) is 1.02. The molecule has 4 atom stereocenters. The summed E-state index contributed by atoms with van der Waals surface area (Å²) < 4.78 is 18.8. The zero-order chi connectivity index (χ0) is 27.4. The molecule has 1 saturated heterocycles. The van der Waals surface area contributed by atoms with Crippen molar-refractivity contribution in [3.05, 3.63) is 72.3 Å². The quantitative estimate of drug-likeness (QED) is 0.235. The Morgan fingerprint density at radius 3 is 2.72 bits per heavy atom. The van der Waals surface area contributed by atoms with E-state index in [-0.39, 0.29) is 0 Å². The van der Waals surface area contributed by atoms with Crippen LogP contribution < -0.4 is 25.8 Å². The number of amides is 1. The van der Waals surface area contributed by atoms with Crippen LogP contribution >= 0.6 is 0 Å². The number of hydrogen-bond acceptors (Lipinski definition) is 10. The molecule has 12 heteroatoms. The number of carbonyl (C=O) groups is 1. The minimum Gasteiger partial charge on any atom is -0.493 e. The average molecular weight is 534 g/mol. The molecule has 0 aliphatic carbocycles. The Morgan fingerprint density at radius 1 is 1.13 bits per heavy atom. The highest BCUT2D eigenvalue weighted by Gasteiger charge is 2.46. The topological polar surface area (TPSA) is 159 Å².